The summed E-state index contributed by atoms with van der Waals surface area (Å²) in [5, 5.41) is 3.49. The van der Waals surface area contributed by atoms with Gasteiger partial charge in [-0.2, -0.15) is 11.8 Å². The molecule has 0 aliphatic rings. The van der Waals surface area contributed by atoms with E-state index in [-0.39, 0.29) is 0 Å². The number of nitrogens with two attached hydrogens (primary N) is 1. The molecular formula is C12H18N2S2. The van der Waals surface area contributed by atoms with E-state index in [9.17, 15) is 0 Å². The first-order valence-electron chi connectivity index (χ1n) is 5.32. The van der Waals surface area contributed by atoms with Crippen LogP contribution in [0.3, 0.4) is 0 Å². The van der Waals surface area contributed by atoms with Crippen LogP contribution in [0, 0.1) is 0 Å². The van der Waals surface area contributed by atoms with Crippen molar-refractivity contribution in [2.24, 2.45) is 5.73 Å². The van der Waals surface area contributed by atoms with Crippen molar-refractivity contribution in [1.82, 2.24) is 0 Å². The number of nitrogens with one attached hydrogen (secondary N) is 1. The molecule has 1 aromatic rings. The van der Waals surface area contributed by atoms with Crippen LogP contribution in [0.25, 0.3) is 0 Å². The molecular weight excluding hydrogens is 236 g/mol. The Morgan fingerprint density at radius 3 is 2.50 bits per heavy atom. The molecule has 0 bridgehead atoms. The van der Waals surface area contributed by atoms with Crippen molar-refractivity contribution in [3.05, 3.63) is 29.8 Å². The summed E-state index contributed by atoms with van der Waals surface area (Å²) in [5.41, 5.74) is 7.59. The summed E-state index contributed by atoms with van der Waals surface area (Å²) >= 11 is 6.77. The van der Waals surface area contributed by atoms with E-state index in [1.54, 1.807) is 0 Å². The Hall–Kier alpha value is -0.740. The minimum atomic E-state index is 0.447. The molecule has 1 rings (SSSR count). The molecule has 16 heavy (non-hydrogen) atoms. The molecule has 0 aliphatic carbocycles. The van der Waals surface area contributed by atoms with Crippen LogP contribution in [0.15, 0.2) is 24.3 Å². The maximum atomic E-state index is 5.55. The van der Waals surface area contributed by atoms with Crippen LogP contribution in [0.5, 0.6) is 0 Å². The second kappa shape index (κ2) is 6.76. The lowest BCUT2D eigenvalue weighted by atomic mass is 10.2. The highest BCUT2D eigenvalue weighted by Gasteiger charge is 2.04. The average Bonchev–Trinajstić information content (AvgIpc) is 2.29. The van der Waals surface area contributed by atoms with Gasteiger partial charge in [0.25, 0.3) is 0 Å². The summed E-state index contributed by atoms with van der Waals surface area (Å²) in [7, 11) is 0. The molecule has 88 valence electrons. The SMILES string of the molecule is CCC(CSC)Nc1ccc(C(N)=S)cc1. The second-order valence-corrected chi connectivity index (χ2v) is 5.00. The van der Waals surface area contributed by atoms with Crippen LogP contribution in [-0.2, 0) is 0 Å². The monoisotopic (exact) mass is 254 g/mol. The fourth-order valence-corrected chi connectivity index (χ4v) is 2.29. The van der Waals surface area contributed by atoms with Crippen molar-refractivity contribution in [3.8, 4) is 0 Å². The van der Waals surface area contributed by atoms with Crippen molar-refractivity contribution in [2.75, 3.05) is 17.3 Å². The lowest BCUT2D eigenvalue weighted by Crippen LogP contribution is -2.21. The molecule has 1 atom stereocenters. The summed E-state index contributed by atoms with van der Waals surface area (Å²) in [4.78, 5) is 0.447. The Balaban J connectivity index is 2.63. The summed E-state index contributed by atoms with van der Waals surface area (Å²) in [6.07, 6.45) is 3.25. The Morgan fingerprint density at radius 1 is 1.44 bits per heavy atom. The third-order valence-corrected chi connectivity index (χ3v) is 3.37. The Morgan fingerprint density at radius 2 is 2.06 bits per heavy atom. The molecule has 4 heteroatoms. The van der Waals surface area contributed by atoms with E-state index in [2.05, 4.69) is 18.5 Å². The van der Waals surface area contributed by atoms with Gasteiger partial charge in [0.1, 0.15) is 4.99 Å². The molecule has 0 aromatic heterocycles. The van der Waals surface area contributed by atoms with Crippen LogP contribution in [-0.4, -0.2) is 23.0 Å². The van der Waals surface area contributed by atoms with Gasteiger partial charge in [0.05, 0.1) is 0 Å². The first-order chi connectivity index (χ1) is 7.67. The number of rotatable bonds is 6. The Kier molecular flexibility index (Phi) is 5.63. The van der Waals surface area contributed by atoms with E-state index in [1.807, 2.05) is 36.0 Å². The van der Waals surface area contributed by atoms with Gasteiger partial charge in [0.15, 0.2) is 0 Å². The topological polar surface area (TPSA) is 38.0 Å². The predicted octanol–water partition coefficient (Wildman–Crippen LogP) is 2.87. The van der Waals surface area contributed by atoms with Crippen LogP contribution in [0.4, 0.5) is 5.69 Å². The number of thioether (sulfide) groups is 1. The van der Waals surface area contributed by atoms with Gasteiger partial charge in [0.2, 0.25) is 0 Å². The van der Waals surface area contributed by atoms with E-state index in [0.717, 1.165) is 23.4 Å². The maximum absolute atomic E-state index is 5.55. The highest BCUT2D eigenvalue weighted by molar-refractivity contribution is 7.98. The lowest BCUT2D eigenvalue weighted by molar-refractivity contribution is 0.775. The summed E-state index contributed by atoms with van der Waals surface area (Å²) in [6, 6.07) is 8.48. The van der Waals surface area contributed by atoms with Gasteiger partial charge in [-0.15, -0.1) is 0 Å². The third kappa shape index (κ3) is 4.02. The Bertz CT molecular complexity index is 335. The van der Waals surface area contributed by atoms with Gasteiger partial charge in [-0.1, -0.05) is 19.1 Å². The van der Waals surface area contributed by atoms with Gasteiger partial charge in [0, 0.05) is 23.0 Å². The largest absolute Gasteiger partial charge is 0.389 e. The fraction of sp³-hybridized carbons (Fsp3) is 0.417. The smallest absolute Gasteiger partial charge is 0.103 e. The minimum absolute atomic E-state index is 0.447. The van der Waals surface area contributed by atoms with E-state index < -0.39 is 0 Å². The lowest BCUT2D eigenvalue weighted by Gasteiger charge is -2.17. The Labute approximate surface area is 107 Å². The molecule has 0 radical (unpaired) electrons. The molecule has 0 amide bonds. The predicted molar refractivity (Wildman–Crippen MR) is 78.4 cm³/mol. The quantitative estimate of drug-likeness (QED) is 0.766. The van der Waals surface area contributed by atoms with Gasteiger partial charge in [-0.3, -0.25) is 0 Å². The van der Waals surface area contributed by atoms with Crippen LogP contribution in [0.2, 0.25) is 0 Å². The first-order valence-corrected chi connectivity index (χ1v) is 7.13. The second-order valence-electron chi connectivity index (χ2n) is 3.65. The molecule has 0 aliphatic heterocycles. The summed E-state index contributed by atoms with van der Waals surface area (Å²) in [5.74, 6) is 1.12. The fourth-order valence-electron chi connectivity index (χ4n) is 1.43. The molecule has 0 spiro atoms. The number of thiocarbonyl (C=S) groups is 1. The number of benzene rings is 1. The van der Waals surface area contributed by atoms with Gasteiger partial charge in [-0.25, -0.2) is 0 Å². The molecule has 0 saturated carbocycles. The molecule has 1 aromatic carbocycles. The van der Waals surface area contributed by atoms with E-state index >= 15 is 0 Å². The highest BCUT2D eigenvalue weighted by atomic mass is 32.2. The highest BCUT2D eigenvalue weighted by Crippen LogP contribution is 2.13. The number of anilines is 1. The molecule has 0 saturated heterocycles. The van der Waals surface area contributed by atoms with E-state index in [1.165, 1.54) is 0 Å². The molecule has 0 heterocycles. The molecule has 3 N–H and O–H groups in total. The van der Waals surface area contributed by atoms with Gasteiger partial charge < -0.3 is 11.1 Å². The zero-order chi connectivity index (χ0) is 12.0. The summed E-state index contributed by atoms with van der Waals surface area (Å²) < 4.78 is 0. The van der Waals surface area contributed by atoms with Crippen molar-refractivity contribution >= 4 is 34.7 Å². The van der Waals surface area contributed by atoms with Crippen molar-refractivity contribution in [1.29, 1.82) is 0 Å². The maximum Gasteiger partial charge on any atom is 0.103 e. The molecule has 2 nitrogen and oxygen atoms in total. The molecule has 0 fully saturated rings. The van der Waals surface area contributed by atoms with E-state index in [4.69, 9.17) is 18.0 Å². The van der Waals surface area contributed by atoms with E-state index in [0.29, 0.717) is 11.0 Å². The summed E-state index contributed by atoms with van der Waals surface area (Å²) in [6.45, 7) is 2.19. The number of hydrogen-bond donors (Lipinski definition) is 2. The zero-order valence-corrected chi connectivity index (χ0v) is 11.3. The van der Waals surface area contributed by atoms with Crippen molar-refractivity contribution in [2.45, 2.75) is 19.4 Å². The van der Waals surface area contributed by atoms with Crippen LogP contribution < -0.4 is 11.1 Å². The van der Waals surface area contributed by atoms with Gasteiger partial charge >= 0.3 is 0 Å². The van der Waals surface area contributed by atoms with Crippen molar-refractivity contribution < 1.29 is 0 Å². The van der Waals surface area contributed by atoms with Gasteiger partial charge in [-0.05, 0) is 36.9 Å². The van der Waals surface area contributed by atoms with Crippen LogP contribution in [0.1, 0.15) is 18.9 Å². The van der Waals surface area contributed by atoms with Crippen molar-refractivity contribution in [3.63, 3.8) is 0 Å². The molecule has 1 unspecified atom stereocenters. The standard InChI is InChI=1S/C12H18N2S2/c1-3-10(8-16-2)14-11-6-4-9(5-7-11)12(13)15/h4-7,10,14H,3,8H2,1-2H3,(H2,13,15). The van der Waals surface area contributed by atoms with Crippen LogP contribution >= 0.6 is 24.0 Å². The normalized spacial score (nSPS) is 12.1. The minimum Gasteiger partial charge on any atom is -0.389 e. The zero-order valence-electron chi connectivity index (χ0n) is 9.69. The average molecular weight is 254 g/mol. The third-order valence-electron chi connectivity index (χ3n) is 2.40. The number of hydrogen-bond acceptors (Lipinski definition) is 3. The first kappa shape index (κ1) is 13.3.